The topological polar surface area (TPSA) is 80.9 Å². The van der Waals surface area contributed by atoms with Crippen LogP contribution in [-0.2, 0) is 4.79 Å². The number of anilines is 1. The van der Waals surface area contributed by atoms with Gasteiger partial charge in [0, 0.05) is 17.7 Å². The number of nitrogens with two attached hydrogens (primary N) is 1. The third kappa shape index (κ3) is 3.27. The standard InChI is InChI=1S/C11H18N4O/c1-6(2)10(16)15-11-13-7(3)5-9(14-11)8(4)12/h5-6,8H,12H2,1-4H3,(H,13,14,15,16). The number of hydrogen-bond acceptors (Lipinski definition) is 4. The van der Waals surface area contributed by atoms with Crippen molar-refractivity contribution < 1.29 is 4.79 Å². The third-order valence-electron chi connectivity index (χ3n) is 2.10. The van der Waals surface area contributed by atoms with E-state index < -0.39 is 0 Å². The highest BCUT2D eigenvalue weighted by Gasteiger charge is 2.11. The molecule has 1 rings (SSSR count). The van der Waals surface area contributed by atoms with Crippen LogP contribution in [-0.4, -0.2) is 15.9 Å². The number of carbonyl (C=O) groups excluding carboxylic acids is 1. The zero-order valence-electron chi connectivity index (χ0n) is 10.1. The van der Waals surface area contributed by atoms with E-state index in [4.69, 9.17) is 5.73 Å². The average molecular weight is 222 g/mol. The van der Waals surface area contributed by atoms with E-state index in [-0.39, 0.29) is 17.9 Å². The van der Waals surface area contributed by atoms with Crippen LogP contribution in [0, 0.1) is 12.8 Å². The lowest BCUT2D eigenvalue weighted by Gasteiger charge is -2.10. The summed E-state index contributed by atoms with van der Waals surface area (Å²) >= 11 is 0. The van der Waals surface area contributed by atoms with Gasteiger partial charge in [-0.1, -0.05) is 13.8 Å². The summed E-state index contributed by atoms with van der Waals surface area (Å²) in [4.78, 5) is 19.8. The lowest BCUT2D eigenvalue weighted by molar-refractivity contribution is -0.118. The van der Waals surface area contributed by atoms with Crippen molar-refractivity contribution in [1.29, 1.82) is 0 Å². The molecule has 5 nitrogen and oxygen atoms in total. The Morgan fingerprint density at radius 1 is 1.38 bits per heavy atom. The van der Waals surface area contributed by atoms with E-state index in [1.165, 1.54) is 0 Å². The van der Waals surface area contributed by atoms with E-state index in [1.807, 2.05) is 33.8 Å². The second kappa shape index (κ2) is 5.03. The Morgan fingerprint density at radius 3 is 2.50 bits per heavy atom. The van der Waals surface area contributed by atoms with Crippen molar-refractivity contribution in [2.45, 2.75) is 33.7 Å². The molecule has 0 saturated carbocycles. The molecule has 1 aromatic heterocycles. The van der Waals surface area contributed by atoms with Gasteiger partial charge in [0.25, 0.3) is 0 Å². The van der Waals surface area contributed by atoms with Gasteiger partial charge in [0.2, 0.25) is 11.9 Å². The normalized spacial score (nSPS) is 12.6. The van der Waals surface area contributed by atoms with Crippen LogP contribution in [0.4, 0.5) is 5.95 Å². The molecule has 1 atom stereocenters. The third-order valence-corrected chi connectivity index (χ3v) is 2.10. The van der Waals surface area contributed by atoms with Crippen LogP contribution in [0.1, 0.15) is 38.2 Å². The minimum absolute atomic E-state index is 0.0946. The van der Waals surface area contributed by atoms with Crippen molar-refractivity contribution in [2.75, 3.05) is 5.32 Å². The maximum atomic E-state index is 11.5. The summed E-state index contributed by atoms with van der Waals surface area (Å²) in [6.07, 6.45) is 0. The molecule has 0 aliphatic carbocycles. The Hall–Kier alpha value is -1.49. The first-order chi connectivity index (χ1) is 7.40. The maximum Gasteiger partial charge on any atom is 0.229 e. The number of aryl methyl sites for hydroxylation is 1. The summed E-state index contributed by atoms with van der Waals surface area (Å²) < 4.78 is 0. The predicted octanol–water partition coefficient (Wildman–Crippen LogP) is 1.40. The van der Waals surface area contributed by atoms with Gasteiger partial charge >= 0.3 is 0 Å². The number of carbonyl (C=O) groups is 1. The molecular formula is C11H18N4O. The fourth-order valence-corrected chi connectivity index (χ4v) is 1.14. The van der Waals surface area contributed by atoms with E-state index in [0.717, 1.165) is 11.4 Å². The van der Waals surface area contributed by atoms with Gasteiger partial charge in [-0.3, -0.25) is 10.1 Å². The van der Waals surface area contributed by atoms with Crippen molar-refractivity contribution in [1.82, 2.24) is 9.97 Å². The highest BCUT2D eigenvalue weighted by molar-refractivity contribution is 5.90. The summed E-state index contributed by atoms with van der Waals surface area (Å²) in [6.45, 7) is 7.32. The SMILES string of the molecule is Cc1cc(C(C)N)nc(NC(=O)C(C)C)n1. The van der Waals surface area contributed by atoms with Crippen molar-refractivity contribution in [3.63, 3.8) is 0 Å². The van der Waals surface area contributed by atoms with E-state index in [9.17, 15) is 4.79 Å². The van der Waals surface area contributed by atoms with Gasteiger partial charge in [0.15, 0.2) is 0 Å². The summed E-state index contributed by atoms with van der Waals surface area (Å²) in [6, 6.07) is 1.65. The molecule has 5 heteroatoms. The van der Waals surface area contributed by atoms with Crippen molar-refractivity contribution >= 4 is 11.9 Å². The predicted molar refractivity (Wildman–Crippen MR) is 62.8 cm³/mol. The lowest BCUT2D eigenvalue weighted by atomic mass is 10.2. The van der Waals surface area contributed by atoms with Crippen molar-refractivity contribution in [3.8, 4) is 0 Å². The molecule has 0 aromatic carbocycles. The first-order valence-corrected chi connectivity index (χ1v) is 5.32. The van der Waals surface area contributed by atoms with Crippen LogP contribution >= 0.6 is 0 Å². The summed E-state index contributed by atoms with van der Waals surface area (Å²) in [5.41, 5.74) is 7.26. The highest BCUT2D eigenvalue weighted by Crippen LogP contribution is 2.11. The van der Waals surface area contributed by atoms with Gasteiger partial charge in [0.1, 0.15) is 0 Å². The highest BCUT2D eigenvalue weighted by atomic mass is 16.1. The van der Waals surface area contributed by atoms with Gasteiger partial charge < -0.3 is 5.73 Å². The minimum atomic E-state index is -0.170. The summed E-state index contributed by atoms with van der Waals surface area (Å²) in [5.74, 6) is 0.134. The van der Waals surface area contributed by atoms with Crippen LogP contribution in [0.25, 0.3) is 0 Å². The zero-order chi connectivity index (χ0) is 12.3. The molecule has 0 bridgehead atoms. The molecule has 1 aromatic rings. The molecule has 0 aliphatic rings. The molecule has 16 heavy (non-hydrogen) atoms. The van der Waals surface area contributed by atoms with Crippen LogP contribution in [0.15, 0.2) is 6.07 Å². The molecule has 0 spiro atoms. The number of nitrogens with zero attached hydrogens (tertiary/aromatic N) is 2. The molecular weight excluding hydrogens is 204 g/mol. The number of amides is 1. The van der Waals surface area contributed by atoms with Crippen LogP contribution in [0.2, 0.25) is 0 Å². The molecule has 88 valence electrons. The first-order valence-electron chi connectivity index (χ1n) is 5.32. The first kappa shape index (κ1) is 12.6. The number of rotatable bonds is 3. The van der Waals surface area contributed by atoms with E-state index >= 15 is 0 Å². The van der Waals surface area contributed by atoms with Crippen molar-refractivity contribution in [3.05, 3.63) is 17.5 Å². The Morgan fingerprint density at radius 2 is 2.00 bits per heavy atom. The molecule has 0 saturated heterocycles. The smallest absolute Gasteiger partial charge is 0.229 e. The number of hydrogen-bond donors (Lipinski definition) is 2. The van der Waals surface area contributed by atoms with Gasteiger partial charge in [0.05, 0.1) is 5.69 Å². The Labute approximate surface area is 95.5 Å². The van der Waals surface area contributed by atoms with Gasteiger partial charge in [-0.2, -0.15) is 0 Å². The lowest BCUT2D eigenvalue weighted by Crippen LogP contribution is -2.20. The maximum absolute atomic E-state index is 11.5. The molecule has 1 amide bonds. The van der Waals surface area contributed by atoms with Gasteiger partial charge in [-0.25, -0.2) is 9.97 Å². The quantitative estimate of drug-likeness (QED) is 0.810. The van der Waals surface area contributed by atoms with E-state index in [0.29, 0.717) is 5.95 Å². The van der Waals surface area contributed by atoms with Crippen LogP contribution < -0.4 is 11.1 Å². The molecule has 0 fully saturated rings. The fraction of sp³-hybridized carbons (Fsp3) is 0.545. The Balaban J connectivity index is 2.92. The Bertz CT molecular complexity index is 388. The number of aromatic nitrogens is 2. The zero-order valence-corrected chi connectivity index (χ0v) is 10.1. The number of nitrogens with one attached hydrogen (secondary N) is 1. The fourth-order valence-electron chi connectivity index (χ4n) is 1.14. The van der Waals surface area contributed by atoms with Gasteiger partial charge in [-0.15, -0.1) is 0 Å². The summed E-state index contributed by atoms with van der Waals surface area (Å²) in [7, 11) is 0. The second-order valence-electron chi connectivity index (χ2n) is 4.19. The van der Waals surface area contributed by atoms with E-state index in [2.05, 4.69) is 15.3 Å². The van der Waals surface area contributed by atoms with Crippen LogP contribution in [0.5, 0.6) is 0 Å². The molecule has 1 unspecified atom stereocenters. The largest absolute Gasteiger partial charge is 0.323 e. The second-order valence-corrected chi connectivity index (χ2v) is 4.19. The van der Waals surface area contributed by atoms with Crippen LogP contribution in [0.3, 0.4) is 0 Å². The monoisotopic (exact) mass is 222 g/mol. The van der Waals surface area contributed by atoms with E-state index in [1.54, 1.807) is 0 Å². The minimum Gasteiger partial charge on any atom is -0.323 e. The average Bonchev–Trinajstić information content (AvgIpc) is 2.16. The summed E-state index contributed by atoms with van der Waals surface area (Å²) in [5, 5.41) is 2.66. The molecule has 0 radical (unpaired) electrons. The Kier molecular flexibility index (Phi) is 3.95. The molecule has 1 heterocycles. The molecule has 0 aliphatic heterocycles. The van der Waals surface area contributed by atoms with Gasteiger partial charge in [-0.05, 0) is 19.9 Å². The molecule has 3 N–H and O–H groups in total. The van der Waals surface area contributed by atoms with Crippen molar-refractivity contribution in [2.24, 2.45) is 11.7 Å².